The molecule has 2 N–H and O–H groups in total. The second-order valence-electron chi connectivity index (χ2n) is 4.56. The minimum Gasteiger partial charge on any atom is -0.375 e. The zero-order valence-corrected chi connectivity index (χ0v) is 12.1. The van der Waals surface area contributed by atoms with Gasteiger partial charge in [0.25, 0.3) is 10.0 Å². The zero-order chi connectivity index (χ0) is 13.8. The van der Waals surface area contributed by atoms with E-state index in [1.165, 1.54) is 6.20 Å². The van der Waals surface area contributed by atoms with E-state index in [0.29, 0.717) is 18.9 Å². The van der Waals surface area contributed by atoms with Crippen LogP contribution in [-0.4, -0.2) is 37.1 Å². The van der Waals surface area contributed by atoms with Crippen LogP contribution in [0.25, 0.3) is 0 Å². The van der Waals surface area contributed by atoms with Crippen LogP contribution in [0.4, 0.5) is 0 Å². The first kappa shape index (κ1) is 15.1. The van der Waals surface area contributed by atoms with Gasteiger partial charge in [0.05, 0.1) is 11.8 Å². The third kappa shape index (κ3) is 4.08. The molecular weight excluding hydrogens is 254 g/mol. The van der Waals surface area contributed by atoms with Crippen LogP contribution in [0.5, 0.6) is 0 Å². The number of aromatic nitrogens is 2. The molecule has 0 saturated heterocycles. The molecule has 0 aliphatic rings. The minimum atomic E-state index is -3.55. The van der Waals surface area contributed by atoms with Gasteiger partial charge in [-0.1, -0.05) is 6.92 Å². The van der Waals surface area contributed by atoms with Crippen molar-refractivity contribution in [3.05, 3.63) is 12.0 Å². The van der Waals surface area contributed by atoms with Crippen molar-refractivity contribution in [3.63, 3.8) is 0 Å². The number of H-pyrrole nitrogens is 1. The van der Waals surface area contributed by atoms with E-state index in [1.807, 2.05) is 27.7 Å². The van der Waals surface area contributed by atoms with Crippen molar-refractivity contribution in [2.75, 3.05) is 13.2 Å². The Balaban J connectivity index is 2.71. The van der Waals surface area contributed by atoms with Crippen LogP contribution in [-0.2, 0) is 21.2 Å². The second-order valence-corrected chi connectivity index (χ2v) is 6.30. The summed E-state index contributed by atoms with van der Waals surface area (Å²) in [4.78, 5) is 6.74. The highest BCUT2D eigenvalue weighted by atomic mass is 32.2. The molecule has 0 aliphatic carbocycles. The molecular formula is C11H21N3O3S. The summed E-state index contributed by atoms with van der Waals surface area (Å²) < 4.78 is 31.9. The SMILES string of the molecule is CCOC(C)(C)CNS(=O)(=O)c1cnc(CC)[nH]1. The Labute approximate surface area is 108 Å². The monoisotopic (exact) mass is 275 g/mol. The molecule has 0 fully saturated rings. The van der Waals surface area contributed by atoms with Gasteiger partial charge in [0, 0.05) is 19.6 Å². The van der Waals surface area contributed by atoms with Gasteiger partial charge in [-0.05, 0) is 20.8 Å². The number of aryl methyl sites for hydroxylation is 1. The van der Waals surface area contributed by atoms with E-state index in [0.717, 1.165) is 0 Å². The van der Waals surface area contributed by atoms with Crippen molar-refractivity contribution >= 4 is 10.0 Å². The molecule has 0 unspecified atom stereocenters. The summed E-state index contributed by atoms with van der Waals surface area (Å²) in [7, 11) is -3.55. The Kier molecular flexibility index (Phi) is 4.89. The molecule has 1 rings (SSSR count). The van der Waals surface area contributed by atoms with Crippen molar-refractivity contribution in [3.8, 4) is 0 Å². The van der Waals surface area contributed by atoms with Gasteiger partial charge in [0.1, 0.15) is 5.82 Å². The maximum atomic E-state index is 12.0. The molecule has 0 spiro atoms. The molecule has 0 atom stereocenters. The van der Waals surface area contributed by atoms with E-state index in [-0.39, 0.29) is 11.6 Å². The Morgan fingerprint density at radius 2 is 2.11 bits per heavy atom. The summed E-state index contributed by atoms with van der Waals surface area (Å²) >= 11 is 0. The topological polar surface area (TPSA) is 84.1 Å². The molecule has 1 aromatic heterocycles. The van der Waals surface area contributed by atoms with Gasteiger partial charge in [0.15, 0.2) is 5.03 Å². The van der Waals surface area contributed by atoms with E-state index >= 15 is 0 Å². The molecule has 0 aromatic carbocycles. The molecule has 7 heteroatoms. The molecule has 0 radical (unpaired) electrons. The van der Waals surface area contributed by atoms with Crippen molar-refractivity contribution in [2.24, 2.45) is 0 Å². The average molecular weight is 275 g/mol. The Hall–Kier alpha value is -0.920. The highest BCUT2D eigenvalue weighted by Gasteiger charge is 2.23. The molecule has 0 bridgehead atoms. The van der Waals surface area contributed by atoms with E-state index in [1.54, 1.807) is 0 Å². The van der Waals surface area contributed by atoms with Crippen LogP contribution in [0.2, 0.25) is 0 Å². The number of rotatable bonds is 7. The van der Waals surface area contributed by atoms with Crippen LogP contribution >= 0.6 is 0 Å². The van der Waals surface area contributed by atoms with Crippen LogP contribution < -0.4 is 4.72 Å². The predicted molar refractivity (Wildman–Crippen MR) is 68.9 cm³/mol. The van der Waals surface area contributed by atoms with Gasteiger partial charge in [0.2, 0.25) is 0 Å². The summed E-state index contributed by atoms with van der Waals surface area (Å²) in [5.74, 6) is 0.652. The lowest BCUT2D eigenvalue weighted by molar-refractivity contribution is -0.00515. The predicted octanol–water partition coefficient (Wildman–Crippen LogP) is 1.07. The fraction of sp³-hybridized carbons (Fsp3) is 0.727. The fourth-order valence-corrected chi connectivity index (χ4v) is 2.58. The highest BCUT2D eigenvalue weighted by molar-refractivity contribution is 7.89. The first-order valence-electron chi connectivity index (χ1n) is 5.98. The van der Waals surface area contributed by atoms with Gasteiger partial charge in [-0.3, -0.25) is 0 Å². The number of sulfonamides is 1. The molecule has 104 valence electrons. The summed E-state index contributed by atoms with van der Waals surface area (Å²) in [6.07, 6.45) is 1.99. The van der Waals surface area contributed by atoms with Crippen molar-refractivity contribution < 1.29 is 13.2 Å². The largest absolute Gasteiger partial charge is 0.375 e. The normalized spacial score (nSPS) is 12.9. The summed E-state index contributed by atoms with van der Waals surface area (Å²) in [6.45, 7) is 8.20. The van der Waals surface area contributed by atoms with Gasteiger partial charge < -0.3 is 9.72 Å². The third-order valence-electron chi connectivity index (χ3n) is 2.45. The first-order chi connectivity index (χ1) is 8.30. The summed E-state index contributed by atoms with van der Waals surface area (Å²) in [6, 6.07) is 0. The number of hydrogen-bond acceptors (Lipinski definition) is 4. The Morgan fingerprint density at radius 1 is 1.44 bits per heavy atom. The number of hydrogen-bond donors (Lipinski definition) is 2. The van der Waals surface area contributed by atoms with E-state index in [9.17, 15) is 8.42 Å². The van der Waals surface area contributed by atoms with E-state index in [4.69, 9.17) is 4.74 Å². The van der Waals surface area contributed by atoms with Crippen LogP contribution in [0.15, 0.2) is 11.2 Å². The summed E-state index contributed by atoms with van der Waals surface area (Å²) in [5.41, 5.74) is -0.532. The van der Waals surface area contributed by atoms with Gasteiger partial charge in [-0.2, -0.15) is 0 Å². The molecule has 0 aliphatic heterocycles. The lowest BCUT2D eigenvalue weighted by Gasteiger charge is -2.24. The fourth-order valence-electron chi connectivity index (χ4n) is 1.45. The second kappa shape index (κ2) is 5.81. The number of nitrogens with zero attached hydrogens (tertiary/aromatic N) is 1. The smallest absolute Gasteiger partial charge is 0.257 e. The van der Waals surface area contributed by atoms with Crippen molar-refractivity contribution in [1.29, 1.82) is 0 Å². The number of aromatic amines is 1. The molecule has 1 heterocycles. The third-order valence-corrected chi connectivity index (χ3v) is 3.76. The van der Waals surface area contributed by atoms with Crippen LogP contribution in [0.1, 0.15) is 33.5 Å². The van der Waals surface area contributed by atoms with Gasteiger partial charge in [-0.15, -0.1) is 0 Å². The van der Waals surface area contributed by atoms with Gasteiger partial charge in [-0.25, -0.2) is 18.1 Å². The molecule has 0 amide bonds. The summed E-state index contributed by atoms with van der Waals surface area (Å²) in [5, 5.41) is 0.0895. The average Bonchev–Trinajstić information content (AvgIpc) is 2.76. The lowest BCUT2D eigenvalue weighted by atomic mass is 10.1. The Morgan fingerprint density at radius 3 is 2.61 bits per heavy atom. The maximum Gasteiger partial charge on any atom is 0.257 e. The van der Waals surface area contributed by atoms with Crippen molar-refractivity contribution in [1.82, 2.24) is 14.7 Å². The minimum absolute atomic E-state index is 0.0895. The molecule has 18 heavy (non-hydrogen) atoms. The first-order valence-corrected chi connectivity index (χ1v) is 7.46. The maximum absolute atomic E-state index is 12.0. The molecule has 1 aromatic rings. The van der Waals surface area contributed by atoms with Crippen LogP contribution in [0.3, 0.4) is 0 Å². The molecule has 0 saturated carbocycles. The van der Waals surface area contributed by atoms with Gasteiger partial charge >= 0.3 is 0 Å². The highest BCUT2D eigenvalue weighted by Crippen LogP contribution is 2.10. The lowest BCUT2D eigenvalue weighted by Crippen LogP contribution is -2.40. The van der Waals surface area contributed by atoms with Crippen molar-refractivity contribution in [2.45, 2.75) is 44.7 Å². The van der Waals surface area contributed by atoms with E-state index in [2.05, 4.69) is 14.7 Å². The van der Waals surface area contributed by atoms with Crippen LogP contribution in [0, 0.1) is 0 Å². The number of ether oxygens (including phenoxy) is 1. The van der Waals surface area contributed by atoms with E-state index < -0.39 is 15.6 Å². The zero-order valence-electron chi connectivity index (χ0n) is 11.3. The Bertz CT molecular complexity index is 479. The number of nitrogens with one attached hydrogen (secondary N) is 2. The quantitative estimate of drug-likeness (QED) is 0.779. The standard InChI is InChI=1S/C11H21N3O3S/c1-5-9-12-7-10(14-9)18(15,16)13-8-11(3,4)17-6-2/h7,13H,5-6,8H2,1-4H3,(H,12,14). The molecule has 6 nitrogen and oxygen atoms in total. The number of imidazole rings is 1.